The summed E-state index contributed by atoms with van der Waals surface area (Å²) in [7, 11) is 0. The largest absolute Gasteiger partial charge is 0.457 e. The van der Waals surface area contributed by atoms with Gasteiger partial charge in [-0.1, -0.05) is 36.0 Å². The molecule has 0 aliphatic carbocycles. The highest BCUT2D eigenvalue weighted by molar-refractivity contribution is 8.00. The van der Waals surface area contributed by atoms with E-state index < -0.39 is 5.25 Å². The van der Waals surface area contributed by atoms with Gasteiger partial charge in [0.25, 0.3) is 11.1 Å². The SMILES string of the molecule is C[C@H](Sc1nnc(-c2cccs2)o1)C(=O)Nc1ccc(Oc2ccccc2)cc1. The second-order valence-electron chi connectivity index (χ2n) is 6.04. The van der Waals surface area contributed by atoms with Gasteiger partial charge in [0.15, 0.2) is 0 Å². The van der Waals surface area contributed by atoms with Crippen molar-refractivity contribution in [1.29, 1.82) is 0 Å². The van der Waals surface area contributed by atoms with E-state index in [-0.39, 0.29) is 5.91 Å². The van der Waals surface area contributed by atoms with Crippen molar-refractivity contribution in [3.05, 3.63) is 72.1 Å². The summed E-state index contributed by atoms with van der Waals surface area (Å²) in [5, 5.41) is 12.8. The molecule has 0 bridgehead atoms. The number of hydrogen-bond acceptors (Lipinski definition) is 7. The van der Waals surface area contributed by atoms with Crippen molar-refractivity contribution in [2.45, 2.75) is 17.4 Å². The quantitative estimate of drug-likeness (QED) is 0.384. The highest BCUT2D eigenvalue weighted by atomic mass is 32.2. The van der Waals surface area contributed by atoms with Crippen LogP contribution in [0.25, 0.3) is 10.8 Å². The maximum absolute atomic E-state index is 12.5. The van der Waals surface area contributed by atoms with Crippen molar-refractivity contribution in [3.63, 3.8) is 0 Å². The molecule has 0 aliphatic rings. The second kappa shape index (κ2) is 8.93. The number of carbonyl (C=O) groups excluding carboxylic acids is 1. The molecule has 0 saturated heterocycles. The summed E-state index contributed by atoms with van der Waals surface area (Å²) >= 11 is 2.74. The molecule has 6 nitrogen and oxygen atoms in total. The van der Waals surface area contributed by atoms with Gasteiger partial charge in [0.05, 0.1) is 10.1 Å². The minimum atomic E-state index is -0.396. The Kier molecular flexibility index (Phi) is 5.92. The van der Waals surface area contributed by atoms with E-state index in [1.807, 2.05) is 60.0 Å². The predicted molar refractivity (Wildman–Crippen MR) is 115 cm³/mol. The van der Waals surface area contributed by atoms with Gasteiger partial charge in [-0.15, -0.1) is 21.5 Å². The Balaban J connectivity index is 1.32. The molecule has 2 aromatic carbocycles. The minimum Gasteiger partial charge on any atom is -0.457 e. The number of para-hydroxylation sites is 1. The van der Waals surface area contributed by atoms with Crippen LogP contribution in [0, 0.1) is 0 Å². The van der Waals surface area contributed by atoms with Crippen LogP contribution < -0.4 is 10.1 Å². The summed E-state index contributed by atoms with van der Waals surface area (Å²) in [5.41, 5.74) is 0.688. The molecule has 0 fully saturated rings. The molecule has 1 atom stereocenters. The average molecular weight is 424 g/mol. The van der Waals surface area contributed by atoms with Crippen LogP contribution in [-0.2, 0) is 4.79 Å². The number of hydrogen-bond donors (Lipinski definition) is 1. The van der Waals surface area contributed by atoms with Crippen LogP contribution in [-0.4, -0.2) is 21.4 Å². The normalized spacial score (nSPS) is 11.8. The van der Waals surface area contributed by atoms with Crippen molar-refractivity contribution in [1.82, 2.24) is 10.2 Å². The lowest BCUT2D eigenvalue weighted by Gasteiger charge is -2.11. The topological polar surface area (TPSA) is 77.2 Å². The third-order valence-electron chi connectivity index (χ3n) is 3.89. The van der Waals surface area contributed by atoms with E-state index in [9.17, 15) is 4.79 Å². The molecule has 0 saturated carbocycles. The molecule has 146 valence electrons. The third kappa shape index (κ3) is 5.04. The van der Waals surface area contributed by atoms with Crippen LogP contribution in [0.3, 0.4) is 0 Å². The van der Waals surface area contributed by atoms with E-state index in [0.29, 0.717) is 22.6 Å². The van der Waals surface area contributed by atoms with Crippen LogP contribution in [0.1, 0.15) is 6.92 Å². The number of carbonyl (C=O) groups is 1. The van der Waals surface area contributed by atoms with Crippen LogP contribution in [0.2, 0.25) is 0 Å². The maximum Gasteiger partial charge on any atom is 0.277 e. The number of thiophene rings is 1. The first kappa shape index (κ1) is 19.2. The monoisotopic (exact) mass is 423 g/mol. The summed E-state index contributed by atoms with van der Waals surface area (Å²) in [4.78, 5) is 13.4. The van der Waals surface area contributed by atoms with Gasteiger partial charge in [0, 0.05) is 5.69 Å². The van der Waals surface area contributed by atoms with Gasteiger partial charge in [0.2, 0.25) is 5.91 Å². The van der Waals surface area contributed by atoms with Gasteiger partial charge < -0.3 is 14.5 Å². The molecule has 2 aromatic heterocycles. The number of anilines is 1. The number of aromatic nitrogens is 2. The van der Waals surface area contributed by atoms with E-state index in [4.69, 9.17) is 9.15 Å². The van der Waals surface area contributed by atoms with Crippen molar-refractivity contribution in [3.8, 4) is 22.3 Å². The lowest BCUT2D eigenvalue weighted by molar-refractivity contribution is -0.115. The van der Waals surface area contributed by atoms with Gasteiger partial charge in [-0.3, -0.25) is 4.79 Å². The Morgan fingerprint density at radius 2 is 1.79 bits per heavy atom. The molecule has 4 rings (SSSR count). The number of amides is 1. The number of nitrogens with zero attached hydrogens (tertiary/aromatic N) is 2. The van der Waals surface area contributed by atoms with E-state index >= 15 is 0 Å². The van der Waals surface area contributed by atoms with Crippen LogP contribution in [0.4, 0.5) is 5.69 Å². The molecule has 0 unspecified atom stereocenters. The molecule has 0 radical (unpaired) electrons. The molecule has 0 aliphatic heterocycles. The number of ether oxygens (including phenoxy) is 1. The molecule has 4 aromatic rings. The molecule has 0 spiro atoms. The zero-order valence-corrected chi connectivity index (χ0v) is 17.1. The first-order chi connectivity index (χ1) is 14.2. The molecule has 1 N–H and O–H groups in total. The number of rotatable bonds is 7. The van der Waals surface area contributed by atoms with Gasteiger partial charge in [-0.05, 0) is 54.8 Å². The van der Waals surface area contributed by atoms with Crippen LogP contribution >= 0.6 is 23.1 Å². The van der Waals surface area contributed by atoms with Crippen molar-refractivity contribution in [2.24, 2.45) is 0 Å². The van der Waals surface area contributed by atoms with Gasteiger partial charge in [-0.25, -0.2) is 0 Å². The highest BCUT2D eigenvalue weighted by Crippen LogP contribution is 2.29. The molecule has 29 heavy (non-hydrogen) atoms. The Labute approximate surface area is 175 Å². The standard InChI is InChI=1S/C21H17N3O3S2/c1-14(29-21-24-23-20(27-21)18-8-5-13-28-18)19(25)22-15-9-11-17(12-10-15)26-16-6-3-2-4-7-16/h2-14H,1H3,(H,22,25)/t14-/m0/s1. The number of nitrogens with one attached hydrogen (secondary N) is 1. The molecular formula is C21H17N3O3S2. The average Bonchev–Trinajstić information content (AvgIpc) is 3.42. The summed E-state index contributed by atoms with van der Waals surface area (Å²) < 4.78 is 11.4. The van der Waals surface area contributed by atoms with Crippen molar-refractivity contribution < 1.29 is 13.9 Å². The lowest BCUT2D eigenvalue weighted by atomic mass is 10.3. The predicted octanol–water partition coefficient (Wildman–Crippen LogP) is 5.71. The summed E-state index contributed by atoms with van der Waals surface area (Å²) in [5.74, 6) is 1.77. The number of thioether (sulfide) groups is 1. The first-order valence-corrected chi connectivity index (χ1v) is 10.6. The maximum atomic E-state index is 12.5. The molecule has 2 heterocycles. The summed E-state index contributed by atoms with van der Waals surface area (Å²) in [6.45, 7) is 1.79. The molecule has 1 amide bonds. The van der Waals surface area contributed by atoms with Crippen LogP contribution in [0.15, 0.2) is 81.8 Å². The fourth-order valence-electron chi connectivity index (χ4n) is 2.44. The van der Waals surface area contributed by atoms with Crippen molar-refractivity contribution >= 4 is 34.7 Å². The van der Waals surface area contributed by atoms with E-state index in [1.54, 1.807) is 19.1 Å². The van der Waals surface area contributed by atoms with Gasteiger partial charge in [-0.2, -0.15) is 0 Å². The Hall–Kier alpha value is -3.10. The van der Waals surface area contributed by atoms with E-state index in [0.717, 1.165) is 10.6 Å². The van der Waals surface area contributed by atoms with Gasteiger partial charge >= 0.3 is 0 Å². The third-order valence-corrected chi connectivity index (χ3v) is 5.68. The minimum absolute atomic E-state index is 0.150. The Bertz CT molecular complexity index is 1060. The fourth-order valence-corrected chi connectivity index (χ4v) is 3.76. The van der Waals surface area contributed by atoms with E-state index in [2.05, 4.69) is 15.5 Å². The first-order valence-electron chi connectivity index (χ1n) is 8.85. The van der Waals surface area contributed by atoms with Crippen LogP contribution in [0.5, 0.6) is 11.5 Å². The lowest BCUT2D eigenvalue weighted by Crippen LogP contribution is -2.22. The molecular weight excluding hydrogens is 406 g/mol. The summed E-state index contributed by atoms with van der Waals surface area (Å²) in [6.07, 6.45) is 0. The Morgan fingerprint density at radius 3 is 2.52 bits per heavy atom. The highest BCUT2D eigenvalue weighted by Gasteiger charge is 2.19. The van der Waals surface area contributed by atoms with Crippen molar-refractivity contribution in [2.75, 3.05) is 5.32 Å². The number of benzene rings is 2. The zero-order valence-electron chi connectivity index (χ0n) is 15.4. The fraction of sp³-hybridized carbons (Fsp3) is 0.0952. The Morgan fingerprint density at radius 1 is 1.03 bits per heavy atom. The molecule has 8 heteroatoms. The zero-order chi connectivity index (χ0) is 20.1. The van der Waals surface area contributed by atoms with Gasteiger partial charge in [0.1, 0.15) is 11.5 Å². The summed E-state index contributed by atoms with van der Waals surface area (Å²) in [6, 6.07) is 20.6. The second-order valence-corrected chi connectivity index (χ2v) is 8.28. The van der Waals surface area contributed by atoms with E-state index in [1.165, 1.54) is 23.1 Å². The smallest absolute Gasteiger partial charge is 0.277 e.